The van der Waals surface area contributed by atoms with Gasteiger partial charge in [-0.15, -0.1) is 24.0 Å². The summed E-state index contributed by atoms with van der Waals surface area (Å²) < 4.78 is 18.0. The highest BCUT2D eigenvalue weighted by Crippen LogP contribution is 2.17. The number of aryl methyl sites for hydroxylation is 1. The van der Waals surface area contributed by atoms with Crippen molar-refractivity contribution >= 4 is 29.9 Å². The Morgan fingerprint density at radius 3 is 2.70 bits per heavy atom. The van der Waals surface area contributed by atoms with Gasteiger partial charge in [-0.25, -0.2) is 9.67 Å². The molecular formula is C20H31IN6O3. The molecule has 1 unspecified atom stereocenters. The number of hydrogen-bond acceptors (Lipinski definition) is 6. The Kier molecular flexibility index (Phi) is 10.1. The molecule has 9 nitrogen and oxygen atoms in total. The van der Waals surface area contributed by atoms with Crippen LogP contribution in [0, 0.1) is 0 Å². The number of benzene rings is 1. The first-order chi connectivity index (χ1) is 14.2. The van der Waals surface area contributed by atoms with Crippen molar-refractivity contribution in [2.75, 3.05) is 34.4 Å². The van der Waals surface area contributed by atoms with Crippen molar-refractivity contribution < 1.29 is 14.2 Å². The highest BCUT2D eigenvalue weighted by molar-refractivity contribution is 14.0. The summed E-state index contributed by atoms with van der Waals surface area (Å²) in [6, 6.07) is 7.87. The first kappa shape index (κ1) is 24.2. The molecule has 10 heteroatoms. The maximum atomic E-state index is 5.75. The van der Waals surface area contributed by atoms with Crippen LogP contribution in [0.25, 0.3) is 0 Å². The van der Waals surface area contributed by atoms with E-state index >= 15 is 0 Å². The second-order valence-electron chi connectivity index (χ2n) is 6.82. The quantitative estimate of drug-likeness (QED) is 0.222. The largest absolute Gasteiger partial charge is 0.497 e. The van der Waals surface area contributed by atoms with Gasteiger partial charge in [-0.05, 0) is 37.1 Å². The van der Waals surface area contributed by atoms with Gasteiger partial charge in [0.15, 0.2) is 11.8 Å². The lowest BCUT2D eigenvalue weighted by Gasteiger charge is -2.25. The number of methoxy groups -OCH3 is 2. The number of hydrogen-bond donors (Lipinski definition) is 2. The first-order valence-corrected chi connectivity index (χ1v) is 9.87. The van der Waals surface area contributed by atoms with Crippen molar-refractivity contribution in [3.63, 3.8) is 0 Å². The van der Waals surface area contributed by atoms with E-state index in [-0.39, 0.29) is 30.0 Å². The third-order valence-corrected chi connectivity index (χ3v) is 4.68. The van der Waals surface area contributed by atoms with E-state index in [1.54, 1.807) is 21.3 Å². The number of guanidine groups is 1. The number of aliphatic imine (C=N–C) groups is 1. The van der Waals surface area contributed by atoms with Crippen molar-refractivity contribution in [2.45, 2.75) is 38.5 Å². The van der Waals surface area contributed by atoms with Crippen LogP contribution in [0.4, 0.5) is 0 Å². The molecular weight excluding hydrogens is 499 g/mol. The first-order valence-electron chi connectivity index (χ1n) is 9.87. The fourth-order valence-corrected chi connectivity index (χ4v) is 3.20. The molecule has 2 N–H and O–H groups in total. The Labute approximate surface area is 194 Å². The summed E-state index contributed by atoms with van der Waals surface area (Å²) in [4.78, 5) is 8.83. The van der Waals surface area contributed by atoms with Crippen LogP contribution in [0.1, 0.15) is 24.5 Å². The van der Waals surface area contributed by atoms with E-state index in [0.29, 0.717) is 13.2 Å². The lowest BCUT2D eigenvalue weighted by atomic mass is 10.1. The van der Waals surface area contributed by atoms with E-state index in [9.17, 15) is 0 Å². The summed E-state index contributed by atoms with van der Waals surface area (Å²) in [5.41, 5.74) is 0. The normalized spacial score (nSPS) is 15.7. The zero-order valence-electron chi connectivity index (χ0n) is 17.8. The van der Waals surface area contributed by atoms with E-state index in [2.05, 4.69) is 25.7 Å². The van der Waals surface area contributed by atoms with Crippen molar-refractivity contribution in [3.8, 4) is 11.5 Å². The molecule has 0 saturated heterocycles. The monoisotopic (exact) mass is 530 g/mol. The molecule has 0 bridgehead atoms. The summed E-state index contributed by atoms with van der Waals surface area (Å²) >= 11 is 0. The van der Waals surface area contributed by atoms with E-state index in [1.807, 2.05) is 28.9 Å². The molecule has 0 amide bonds. The predicted octanol–water partition coefficient (Wildman–Crippen LogP) is 2.00. The number of halogens is 1. The summed E-state index contributed by atoms with van der Waals surface area (Å²) in [6.07, 6.45) is 2.75. The fraction of sp³-hybridized carbons (Fsp3) is 0.550. The van der Waals surface area contributed by atoms with E-state index < -0.39 is 0 Å². The fourth-order valence-electron chi connectivity index (χ4n) is 3.20. The van der Waals surface area contributed by atoms with Gasteiger partial charge in [-0.1, -0.05) is 0 Å². The molecule has 30 heavy (non-hydrogen) atoms. The standard InChI is InChI=1S/C20H30N6O3.HI/c1-21-20(22-11-4-12-29-17-8-6-16(28-3)7-9-17)23-15-5-10-19-24-18(14-27-2)25-26(19)13-15;/h6-9,15H,4-5,10-14H2,1-3H3,(H2,21,22,23);1H. The van der Waals surface area contributed by atoms with Crippen LogP contribution >= 0.6 is 24.0 Å². The molecule has 0 aliphatic carbocycles. The molecule has 2 heterocycles. The second kappa shape index (κ2) is 12.6. The SMILES string of the molecule is CN=C(NCCCOc1ccc(OC)cc1)NC1CCc2nc(COC)nn2C1.I. The molecule has 3 rings (SSSR count). The second-order valence-corrected chi connectivity index (χ2v) is 6.82. The Balaban J connectivity index is 0.00000320. The Morgan fingerprint density at radius 2 is 2.00 bits per heavy atom. The van der Waals surface area contributed by atoms with Crippen molar-refractivity contribution in [2.24, 2.45) is 4.99 Å². The van der Waals surface area contributed by atoms with Gasteiger partial charge in [-0.3, -0.25) is 4.99 Å². The van der Waals surface area contributed by atoms with Crippen LogP contribution in [-0.4, -0.2) is 61.2 Å². The van der Waals surface area contributed by atoms with E-state index in [0.717, 1.165) is 61.5 Å². The summed E-state index contributed by atoms with van der Waals surface area (Å²) in [5.74, 6) is 4.22. The average Bonchev–Trinajstić information content (AvgIpc) is 3.15. The Hall–Kier alpha value is -2.08. The van der Waals surface area contributed by atoms with Crippen LogP contribution in [0.15, 0.2) is 29.3 Å². The molecule has 2 aromatic rings. The molecule has 1 aliphatic heterocycles. The van der Waals surface area contributed by atoms with Gasteiger partial charge in [0, 0.05) is 33.2 Å². The van der Waals surface area contributed by atoms with Gasteiger partial charge in [-0.2, -0.15) is 5.10 Å². The number of nitrogens with zero attached hydrogens (tertiary/aromatic N) is 4. The van der Waals surface area contributed by atoms with E-state index in [4.69, 9.17) is 14.2 Å². The smallest absolute Gasteiger partial charge is 0.191 e. The third-order valence-electron chi connectivity index (χ3n) is 4.68. The topological polar surface area (TPSA) is 94.8 Å². The predicted molar refractivity (Wildman–Crippen MR) is 126 cm³/mol. The van der Waals surface area contributed by atoms with Crippen LogP contribution in [0.2, 0.25) is 0 Å². The minimum absolute atomic E-state index is 0. The highest BCUT2D eigenvalue weighted by Gasteiger charge is 2.22. The van der Waals surface area contributed by atoms with Gasteiger partial charge in [0.05, 0.1) is 20.3 Å². The van der Waals surface area contributed by atoms with Crippen molar-refractivity contribution in [3.05, 3.63) is 35.9 Å². The van der Waals surface area contributed by atoms with Crippen LogP contribution in [0.5, 0.6) is 11.5 Å². The molecule has 1 atom stereocenters. The van der Waals surface area contributed by atoms with Crippen molar-refractivity contribution in [1.82, 2.24) is 25.4 Å². The summed E-state index contributed by atoms with van der Waals surface area (Å²) in [5, 5.41) is 11.3. The number of aromatic nitrogens is 3. The van der Waals surface area contributed by atoms with Gasteiger partial charge < -0.3 is 24.8 Å². The third kappa shape index (κ3) is 7.01. The van der Waals surface area contributed by atoms with Crippen LogP contribution in [0.3, 0.4) is 0 Å². The minimum Gasteiger partial charge on any atom is -0.497 e. The maximum absolute atomic E-state index is 5.75. The number of nitrogens with one attached hydrogen (secondary N) is 2. The molecule has 1 aliphatic rings. The van der Waals surface area contributed by atoms with Gasteiger partial charge in [0.1, 0.15) is 23.9 Å². The Bertz CT molecular complexity index is 796. The molecule has 1 aromatic carbocycles. The number of rotatable bonds is 9. The molecule has 1 aromatic heterocycles. The average molecular weight is 530 g/mol. The molecule has 0 spiro atoms. The molecule has 0 radical (unpaired) electrons. The summed E-state index contributed by atoms with van der Waals surface area (Å²) in [7, 11) is 5.09. The Morgan fingerprint density at radius 1 is 1.23 bits per heavy atom. The van der Waals surface area contributed by atoms with Crippen LogP contribution < -0.4 is 20.1 Å². The molecule has 0 saturated carbocycles. The van der Waals surface area contributed by atoms with Gasteiger partial charge in [0.2, 0.25) is 0 Å². The molecule has 0 fully saturated rings. The zero-order chi connectivity index (χ0) is 20.5. The van der Waals surface area contributed by atoms with Gasteiger partial charge in [0.25, 0.3) is 0 Å². The van der Waals surface area contributed by atoms with E-state index in [1.165, 1.54) is 0 Å². The van der Waals surface area contributed by atoms with Crippen molar-refractivity contribution in [1.29, 1.82) is 0 Å². The summed E-state index contributed by atoms with van der Waals surface area (Å²) in [6.45, 7) is 2.62. The van der Waals surface area contributed by atoms with Crippen LogP contribution in [-0.2, 0) is 24.3 Å². The lowest BCUT2D eigenvalue weighted by molar-refractivity contribution is 0.177. The minimum atomic E-state index is 0. The zero-order valence-corrected chi connectivity index (χ0v) is 20.1. The lowest BCUT2D eigenvalue weighted by Crippen LogP contribution is -2.47. The number of ether oxygens (including phenoxy) is 3. The van der Waals surface area contributed by atoms with Gasteiger partial charge >= 0.3 is 0 Å². The molecule has 166 valence electrons. The highest BCUT2D eigenvalue weighted by atomic mass is 127. The number of fused-ring (bicyclic) bond motifs is 1. The maximum Gasteiger partial charge on any atom is 0.191 e.